The Balaban J connectivity index is 2.33. The van der Waals surface area contributed by atoms with Gasteiger partial charge in [0, 0.05) is 19.6 Å². The molecule has 0 fully saturated rings. The van der Waals surface area contributed by atoms with E-state index < -0.39 is 0 Å². The lowest BCUT2D eigenvalue weighted by molar-refractivity contribution is -0.121. The van der Waals surface area contributed by atoms with Crippen molar-refractivity contribution in [1.82, 2.24) is 16.2 Å². The largest absolute Gasteiger partial charge is 0.494 e. The molecule has 0 saturated carbocycles. The van der Waals surface area contributed by atoms with Gasteiger partial charge in [0.1, 0.15) is 5.75 Å². The lowest BCUT2D eigenvalue weighted by Crippen LogP contribution is -2.50. The number of para-hydroxylation sites is 1. The maximum absolute atomic E-state index is 11.9. The molecule has 128 valence electrons. The van der Waals surface area contributed by atoms with Crippen molar-refractivity contribution in [2.24, 2.45) is 0 Å². The molecule has 7 heteroatoms. The molecular formula is C16H25N3O3S. The zero-order chi connectivity index (χ0) is 17.1. The summed E-state index contributed by atoms with van der Waals surface area (Å²) in [7, 11) is 1.62. The molecule has 0 aliphatic heterocycles. The first-order chi connectivity index (χ1) is 11.1. The third-order valence-electron chi connectivity index (χ3n) is 3.00. The Hall–Kier alpha value is -1.86. The molecule has 6 nitrogen and oxygen atoms in total. The van der Waals surface area contributed by atoms with Gasteiger partial charge in [0.25, 0.3) is 0 Å². The molecule has 1 rings (SSSR count). The van der Waals surface area contributed by atoms with Crippen molar-refractivity contribution in [1.29, 1.82) is 0 Å². The van der Waals surface area contributed by atoms with Crippen molar-refractivity contribution in [2.45, 2.75) is 32.7 Å². The van der Waals surface area contributed by atoms with Crippen molar-refractivity contribution in [3.63, 3.8) is 0 Å². The number of nitrogens with one attached hydrogen (secondary N) is 3. The maximum atomic E-state index is 11.9. The summed E-state index contributed by atoms with van der Waals surface area (Å²) in [4.78, 5) is 11.9. The van der Waals surface area contributed by atoms with Gasteiger partial charge in [0.15, 0.2) is 5.11 Å². The van der Waals surface area contributed by atoms with Crippen LogP contribution in [0.1, 0.15) is 25.8 Å². The minimum absolute atomic E-state index is 0.0648. The summed E-state index contributed by atoms with van der Waals surface area (Å²) in [6, 6.07) is 7.79. The van der Waals surface area contributed by atoms with Crippen LogP contribution in [0.2, 0.25) is 0 Å². The predicted molar refractivity (Wildman–Crippen MR) is 94.3 cm³/mol. The Morgan fingerprint density at radius 3 is 2.74 bits per heavy atom. The van der Waals surface area contributed by atoms with Crippen LogP contribution in [0.5, 0.6) is 5.75 Å². The molecule has 0 heterocycles. The van der Waals surface area contributed by atoms with Crippen LogP contribution in [0.3, 0.4) is 0 Å². The molecule has 0 saturated heterocycles. The van der Waals surface area contributed by atoms with E-state index in [2.05, 4.69) is 16.2 Å². The van der Waals surface area contributed by atoms with Crippen LogP contribution in [-0.4, -0.2) is 37.4 Å². The Labute approximate surface area is 142 Å². The zero-order valence-electron chi connectivity index (χ0n) is 13.8. The van der Waals surface area contributed by atoms with Crippen LogP contribution in [0.15, 0.2) is 24.3 Å². The van der Waals surface area contributed by atoms with Gasteiger partial charge in [-0.2, -0.15) is 0 Å². The molecule has 1 atom stereocenters. The molecule has 0 aliphatic carbocycles. The lowest BCUT2D eigenvalue weighted by Gasteiger charge is -2.16. The first-order valence-corrected chi connectivity index (χ1v) is 8.02. The van der Waals surface area contributed by atoms with Gasteiger partial charge in [-0.25, -0.2) is 0 Å². The van der Waals surface area contributed by atoms with Gasteiger partial charge in [-0.1, -0.05) is 18.2 Å². The highest BCUT2D eigenvalue weighted by Crippen LogP contribution is 2.19. The van der Waals surface area contributed by atoms with Gasteiger partial charge in [-0.3, -0.25) is 15.6 Å². The quantitative estimate of drug-likeness (QED) is 0.493. The molecule has 0 unspecified atom stereocenters. The molecule has 1 aromatic carbocycles. The maximum Gasteiger partial charge on any atom is 0.238 e. The van der Waals surface area contributed by atoms with Gasteiger partial charge in [0.2, 0.25) is 5.91 Å². The van der Waals surface area contributed by atoms with E-state index in [0.29, 0.717) is 31.2 Å². The zero-order valence-corrected chi connectivity index (χ0v) is 14.7. The Morgan fingerprint density at radius 1 is 1.30 bits per heavy atom. The summed E-state index contributed by atoms with van der Waals surface area (Å²) in [6.45, 7) is 5.00. The number of aryl methyl sites for hydroxylation is 1. The van der Waals surface area contributed by atoms with Crippen LogP contribution in [0.25, 0.3) is 0 Å². The molecule has 1 aromatic rings. The van der Waals surface area contributed by atoms with Crippen molar-refractivity contribution in [3.8, 4) is 5.75 Å². The summed E-state index contributed by atoms with van der Waals surface area (Å²) in [6.07, 6.45) is 0.942. The van der Waals surface area contributed by atoms with Crippen LogP contribution >= 0.6 is 12.2 Å². The summed E-state index contributed by atoms with van der Waals surface area (Å²) < 4.78 is 10.5. The van der Waals surface area contributed by atoms with Gasteiger partial charge < -0.3 is 14.8 Å². The van der Waals surface area contributed by atoms with E-state index in [-0.39, 0.29) is 11.9 Å². The Morgan fingerprint density at radius 2 is 2.04 bits per heavy atom. The van der Waals surface area contributed by atoms with Crippen molar-refractivity contribution in [2.75, 3.05) is 20.3 Å². The summed E-state index contributed by atoms with van der Waals surface area (Å²) in [5.74, 6) is 0.682. The third-order valence-corrected chi connectivity index (χ3v) is 3.22. The molecule has 3 N–H and O–H groups in total. The summed E-state index contributed by atoms with van der Waals surface area (Å²) >= 11 is 5.08. The van der Waals surface area contributed by atoms with Gasteiger partial charge in [0.05, 0.1) is 13.2 Å². The van der Waals surface area contributed by atoms with E-state index in [1.807, 2.05) is 38.1 Å². The molecule has 0 radical (unpaired) electrons. The molecule has 1 amide bonds. The molecule has 0 aliphatic rings. The SMILES string of the molecule is CCOc1ccccc1CCC(=O)NNC(=S)N[C@H](C)COC. The minimum atomic E-state index is -0.139. The fourth-order valence-corrected chi connectivity index (χ4v) is 2.25. The smallest absolute Gasteiger partial charge is 0.238 e. The Bertz CT molecular complexity index is 511. The average Bonchev–Trinajstić information content (AvgIpc) is 2.52. The highest BCUT2D eigenvalue weighted by molar-refractivity contribution is 7.80. The number of hydrogen-bond donors (Lipinski definition) is 3. The first-order valence-electron chi connectivity index (χ1n) is 7.61. The average molecular weight is 339 g/mol. The fraction of sp³-hybridized carbons (Fsp3) is 0.500. The normalized spacial score (nSPS) is 11.4. The van der Waals surface area contributed by atoms with Crippen LogP contribution in [0, 0.1) is 0 Å². The van der Waals surface area contributed by atoms with E-state index in [0.717, 1.165) is 11.3 Å². The minimum Gasteiger partial charge on any atom is -0.494 e. The summed E-state index contributed by atoms with van der Waals surface area (Å²) in [5, 5.41) is 3.36. The number of hydrogen-bond acceptors (Lipinski definition) is 4. The van der Waals surface area contributed by atoms with E-state index in [9.17, 15) is 4.79 Å². The Kier molecular flexibility index (Phi) is 9.01. The van der Waals surface area contributed by atoms with E-state index in [1.165, 1.54) is 0 Å². The van der Waals surface area contributed by atoms with Gasteiger partial charge >= 0.3 is 0 Å². The van der Waals surface area contributed by atoms with Crippen molar-refractivity contribution in [3.05, 3.63) is 29.8 Å². The number of rotatable bonds is 8. The second-order valence-electron chi connectivity index (χ2n) is 5.04. The standard InChI is InChI=1S/C16H25N3O3S/c1-4-22-14-8-6-5-7-13(14)9-10-15(20)18-19-16(23)17-12(2)11-21-3/h5-8,12H,4,9-11H2,1-3H3,(H,18,20)(H2,17,19,23)/t12-/m1/s1. The van der Waals surface area contributed by atoms with E-state index in [4.69, 9.17) is 21.7 Å². The number of amides is 1. The summed E-state index contributed by atoms with van der Waals surface area (Å²) in [5.41, 5.74) is 6.27. The van der Waals surface area contributed by atoms with Crippen LogP contribution in [0.4, 0.5) is 0 Å². The molecule has 23 heavy (non-hydrogen) atoms. The number of carbonyl (C=O) groups is 1. The lowest BCUT2D eigenvalue weighted by atomic mass is 10.1. The predicted octanol–water partition coefficient (Wildman–Crippen LogP) is 1.55. The fourth-order valence-electron chi connectivity index (χ4n) is 2.00. The monoisotopic (exact) mass is 339 g/mol. The van der Waals surface area contributed by atoms with Gasteiger partial charge in [-0.15, -0.1) is 0 Å². The van der Waals surface area contributed by atoms with Crippen LogP contribution < -0.4 is 20.9 Å². The van der Waals surface area contributed by atoms with E-state index in [1.54, 1.807) is 7.11 Å². The van der Waals surface area contributed by atoms with Gasteiger partial charge in [-0.05, 0) is 44.1 Å². The third kappa shape index (κ3) is 7.80. The number of ether oxygens (including phenoxy) is 2. The molecule has 0 aromatic heterocycles. The molecule has 0 spiro atoms. The molecule has 0 bridgehead atoms. The second-order valence-corrected chi connectivity index (χ2v) is 5.45. The number of methoxy groups -OCH3 is 1. The second kappa shape index (κ2) is 10.8. The van der Waals surface area contributed by atoms with Crippen LogP contribution in [-0.2, 0) is 16.0 Å². The number of benzene rings is 1. The van der Waals surface area contributed by atoms with Crippen molar-refractivity contribution < 1.29 is 14.3 Å². The number of hydrazine groups is 1. The topological polar surface area (TPSA) is 71.6 Å². The van der Waals surface area contributed by atoms with E-state index >= 15 is 0 Å². The number of thiocarbonyl (C=S) groups is 1. The highest BCUT2D eigenvalue weighted by Gasteiger charge is 2.08. The first kappa shape index (κ1) is 19.2. The van der Waals surface area contributed by atoms with Crippen molar-refractivity contribution >= 4 is 23.2 Å². The highest BCUT2D eigenvalue weighted by atomic mass is 32.1. The molecular weight excluding hydrogens is 314 g/mol. The number of carbonyl (C=O) groups excluding carboxylic acids is 1.